The van der Waals surface area contributed by atoms with Gasteiger partial charge in [-0.05, 0) is 37.3 Å². The Morgan fingerprint density at radius 2 is 2.05 bits per heavy atom. The van der Waals surface area contributed by atoms with Crippen LogP contribution in [-0.2, 0) is 28.5 Å². The second-order valence-electron chi connectivity index (χ2n) is 11.5. The summed E-state index contributed by atoms with van der Waals surface area (Å²) in [5, 5.41) is 66.3. The van der Waals surface area contributed by atoms with E-state index in [9.17, 15) is 40.2 Å². The summed E-state index contributed by atoms with van der Waals surface area (Å²) in [7, 11) is 1.19. The fourth-order valence-electron chi connectivity index (χ4n) is 7.41. The summed E-state index contributed by atoms with van der Waals surface area (Å²) in [5.74, 6) is -5.42. The Labute approximate surface area is 247 Å². The summed E-state index contributed by atoms with van der Waals surface area (Å²) in [6.07, 6.45) is 0.966. The standard InChI is InChI=1S/C30H39NO12/c1-3-16-19(13-24(35)36)17(26(37)40-2)6-7-21(16)41-29(15-34)28(39)10-8-20-18-9-11-31-25(18)22(5-4-12-32)42-30(20,27(28)38)23(14-33)43-29/h3,6,9,11,16,19,21,23,27,31-34,38-39H,1,4-5,7-8,10,12-15H2,2H3,(H,35,36). The third-order valence-corrected chi connectivity index (χ3v) is 9.43. The van der Waals surface area contributed by atoms with E-state index in [0.717, 1.165) is 5.22 Å². The number of fused-ring (bicyclic) bond motifs is 2. The summed E-state index contributed by atoms with van der Waals surface area (Å²) in [4.78, 5) is 27.4. The normalized spacial score (nSPS) is 36.6. The molecular weight excluding hydrogens is 566 g/mol. The number of nitrogens with one attached hydrogen (secondary N) is 1. The molecule has 5 rings (SSSR count). The van der Waals surface area contributed by atoms with Gasteiger partial charge in [-0.3, -0.25) is 4.79 Å². The van der Waals surface area contributed by atoms with Gasteiger partial charge in [0.15, 0.2) is 11.2 Å². The molecular formula is C30H39NO12. The number of rotatable bonds is 11. The number of hydrogen-bond acceptors (Lipinski definition) is 11. The van der Waals surface area contributed by atoms with Gasteiger partial charge in [-0.1, -0.05) is 12.2 Å². The highest BCUT2D eigenvalue weighted by Crippen LogP contribution is 2.57. The van der Waals surface area contributed by atoms with Crippen molar-refractivity contribution in [1.29, 1.82) is 0 Å². The topological polar surface area (TPSA) is 208 Å². The number of methoxy groups -OCH3 is 1. The van der Waals surface area contributed by atoms with E-state index in [1.807, 2.05) is 6.07 Å². The predicted octanol–water partition coefficient (Wildman–Crippen LogP) is -1.44. The SMILES string of the molecule is C=CC1C(OC2(CO)OC(CO)C34OC(CCCO)=c5[nH]ccc5=C3CCC2(O)C4O)CC=C(C(=O)OC)C1CC(=O)O. The van der Waals surface area contributed by atoms with E-state index in [1.165, 1.54) is 19.3 Å². The third-order valence-electron chi connectivity index (χ3n) is 9.43. The zero-order valence-electron chi connectivity index (χ0n) is 23.9. The first kappa shape index (κ1) is 31.4. The Morgan fingerprint density at radius 3 is 2.67 bits per heavy atom. The van der Waals surface area contributed by atoms with Crippen molar-refractivity contribution in [2.45, 2.75) is 73.8 Å². The zero-order chi connectivity index (χ0) is 31.2. The molecule has 8 unspecified atom stereocenters. The molecule has 2 fully saturated rings. The van der Waals surface area contributed by atoms with E-state index < -0.39 is 78.7 Å². The summed E-state index contributed by atoms with van der Waals surface area (Å²) in [5.41, 5.74) is -3.25. The maximum Gasteiger partial charge on any atom is 0.333 e. The fraction of sp³-hybridized carbons (Fsp3) is 0.600. The van der Waals surface area contributed by atoms with Gasteiger partial charge in [-0.25, -0.2) is 4.79 Å². The number of hydrogen-bond donors (Lipinski definition) is 7. The third kappa shape index (κ3) is 4.65. The Kier molecular flexibility index (Phi) is 8.62. The van der Waals surface area contributed by atoms with E-state index in [4.69, 9.17) is 18.9 Å². The molecule has 13 nitrogen and oxygen atoms in total. The van der Waals surface area contributed by atoms with Gasteiger partial charge in [0.25, 0.3) is 0 Å². The van der Waals surface area contributed by atoms with Crippen LogP contribution in [0, 0.1) is 11.8 Å². The van der Waals surface area contributed by atoms with Crippen molar-refractivity contribution < 1.29 is 59.2 Å². The molecule has 7 N–H and O–H groups in total. The van der Waals surface area contributed by atoms with Gasteiger partial charge in [0, 0.05) is 41.9 Å². The van der Waals surface area contributed by atoms with Crippen LogP contribution in [0.15, 0.2) is 36.6 Å². The van der Waals surface area contributed by atoms with Crippen LogP contribution in [0.5, 0.6) is 0 Å². The van der Waals surface area contributed by atoms with Crippen molar-refractivity contribution in [3.8, 4) is 0 Å². The van der Waals surface area contributed by atoms with Crippen molar-refractivity contribution in [1.82, 2.24) is 4.98 Å². The van der Waals surface area contributed by atoms with Gasteiger partial charge >= 0.3 is 11.9 Å². The average molecular weight is 606 g/mol. The van der Waals surface area contributed by atoms with Crippen molar-refractivity contribution in [3.05, 3.63) is 47.1 Å². The summed E-state index contributed by atoms with van der Waals surface area (Å²) < 4.78 is 24.0. The number of carboxylic acid groups (broad SMARTS) is 1. The molecule has 1 saturated carbocycles. The largest absolute Gasteiger partial charge is 0.481 e. The second-order valence-corrected chi connectivity index (χ2v) is 11.5. The predicted molar refractivity (Wildman–Crippen MR) is 148 cm³/mol. The average Bonchev–Trinajstić information content (AvgIpc) is 3.49. The van der Waals surface area contributed by atoms with E-state index in [1.54, 1.807) is 6.20 Å². The molecule has 1 spiro atoms. The number of aromatic nitrogens is 1. The second kappa shape index (κ2) is 11.8. The number of carbonyl (C=O) groups is 2. The highest BCUT2D eigenvalue weighted by atomic mass is 16.7. The Bertz CT molecular complexity index is 1420. The number of H-pyrrole nitrogens is 1. The van der Waals surface area contributed by atoms with E-state index in [0.29, 0.717) is 29.5 Å². The number of aliphatic hydroxyl groups excluding tert-OH is 4. The molecule has 236 valence electrons. The number of aliphatic hydroxyl groups is 5. The minimum atomic E-state index is -2.28. The van der Waals surface area contributed by atoms with Crippen LogP contribution >= 0.6 is 0 Å². The summed E-state index contributed by atoms with van der Waals surface area (Å²) in [6, 6.07) is 1.81. The molecule has 1 aromatic heterocycles. The Morgan fingerprint density at radius 1 is 1.28 bits per heavy atom. The smallest absolute Gasteiger partial charge is 0.333 e. The molecule has 0 amide bonds. The first-order valence-corrected chi connectivity index (χ1v) is 14.4. The minimum Gasteiger partial charge on any atom is -0.481 e. The van der Waals surface area contributed by atoms with Gasteiger partial charge in [0.05, 0.1) is 31.6 Å². The lowest BCUT2D eigenvalue weighted by Gasteiger charge is -2.64. The Hall–Kier alpha value is -3.04. The highest BCUT2D eigenvalue weighted by molar-refractivity contribution is 5.90. The van der Waals surface area contributed by atoms with Crippen molar-refractivity contribution >= 4 is 23.3 Å². The lowest BCUT2D eigenvalue weighted by Crippen LogP contribution is -2.83. The van der Waals surface area contributed by atoms with Crippen molar-refractivity contribution in [2.24, 2.45) is 11.8 Å². The molecule has 13 heteroatoms. The van der Waals surface area contributed by atoms with Crippen LogP contribution in [0.4, 0.5) is 0 Å². The van der Waals surface area contributed by atoms with Crippen molar-refractivity contribution in [2.75, 3.05) is 26.9 Å². The summed E-state index contributed by atoms with van der Waals surface area (Å²) in [6.45, 7) is 2.10. The monoisotopic (exact) mass is 605 g/mol. The first-order valence-electron chi connectivity index (χ1n) is 14.4. The number of esters is 1. The van der Waals surface area contributed by atoms with Gasteiger partial charge in [0.1, 0.15) is 24.6 Å². The highest BCUT2D eigenvalue weighted by Gasteiger charge is 2.75. The van der Waals surface area contributed by atoms with Gasteiger partial charge in [-0.2, -0.15) is 0 Å². The van der Waals surface area contributed by atoms with Crippen molar-refractivity contribution in [3.63, 3.8) is 0 Å². The summed E-state index contributed by atoms with van der Waals surface area (Å²) >= 11 is 0. The van der Waals surface area contributed by atoms with Crippen LogP contribution in [0.2, 0.25) is 0 Å². The van der Waals surface area contributed by atoms with Crippen LogP contribution in [-0.4, -0.2) is 110 Å². The number of carbonyl (C=O) groups excluding carboxylic acids is 1. The lowest BCUT2D eigenvalue weighted by atomic mass is 9.61. The van der Waals surface area contributed by atoms with Crippen LogP contribution in [0.1, 0.15) is 38.5 Å². The van der Waals surface area contributed by atoms with E-state index in [-0.39, 0.29) is 31.4 Å². The van der Waals surface area contributed by atoms with Gasteiger partial charge in [-0.15, -0.1) is 6.58 Å². The number of carboxylic acids is 1. The fourth-order valence-corrected chi connectivity index (χ4v) is 7.41. The first-order chi connectivity index (χ1) is 20.6. The van der Waals surface area contributed by atoms with E-state index >= 15 is 0 Å². The van der Waals surface area contributed by atoms with Crippen LogP contribution in [0.25, 0.3) is 11.3 Å². The molecule has 43 heavy (non-hydrogen) atoms. The molecule has 0 radical (unpaired) electrons. The van der Waals surface area contributed by atoms with E-state index in [2.05, 4.69) is 11.6 Å². The number of aromatic amines is 1. The molecule has 1 saturated heterocycles. The molecule has 3 heterocycles. The molecule has 8 atom stereocenters. The molecule has 1 aromatic rings. The molecule has 2 aliphatic heterocycles. The number of aliphatic carboxylic acids is 1. The minimum absolute atomic E-state index is 0.0448. The maximum atomic E-state index is 12.5. The quantitative estimate of drug-likeness (QED) is 0.114. The zero-order valence-corrected chi connectivity index (χ0v) is 23.9. The van der Waals surface area contributed by atoms with Gasteiger partial charge < -0.3 is 54.6 Å². The van der Waals surface area contributed by atoms with Crippen LogP contribution in [0.3, 0.4) is 0 Å². The molecule has 2 aliphatic carbocycles. The van der Waals surface area contributed by atoms with Crippen LogP contribution < -0.4 is 10.6 Å². The lowest BCUT2D eigenvalue weighted by molar-refractivity contribution is -0.434. The number of ether oxygens (including phenoxy) is 4. The Balaban J connectivity index is 1.57. The molecule has 0 aromatic carbocycles. The molecule has 2 bridgehead atoms. The maximum absolute atomic E-state index is 12.5. The molecule has 4 aliphatic rings. The van der Waals surface area contributed by atoms with Gasteiger partial charge in [0.2, 0.25) is 5.79 Å².